The van der Waals surface area contributed by atoms with E-state index in [1.54, 1.807) is 0 Å². The Kier molecular flexibility index (Phi) is 11.4. The molecule has 176 valence electrons. The van der Waals surface area contributed by atoms with E-state index in [2.05, 4.69) is 40.1 Å². The number of carbonyl (C=O) groups is 1. The molecule has 1 aliphatic heterocycles. The number of piperazine rings is 1. The second kappa shape index (κ2) is 14.0. The number of hydrogen-bond donors (Lipinski definition) is 0. The molecule has 4 nitrogen and oxygen atoms in total. The number of esters is 1. The zero-order valence-corrected chi connectivity index (χ0v) is 20.3. The molecular weight excluding hydrogens is 455 g/mol. The van der Waals surface area contributed by atoms with Crippen molar-refractivity contribution in [1.82, 2.24) is 9.80 Å². The molecule has 1 aliphatic rings. The number of ether oxygens (including phenoxy) is 1. The van der Waals surface area contributed by atoms with Gasteiger partial charge in [0.2, 0.25) is 0 Å². The Morgan fingerprint density at radius 3 is 1.67 bits per heavy atom. The highest BCUT2D eigenvalue weighted by molar-refractivity contribution is 5.85. The number of hydrogen-bond acceptors (Lipinski definition) is 4. The Labute approximate surface area is 209 Å². The van der Waals surface area contributed by atoms with E-state index in [0.29, 0.717) is 6.61 Å². The summed E-state index contributed by atoms with van der Waals surface area (Å²) >= 11 is 0. The van der Waals surface area contributed by atoms with Crippen molar-refractivity contribution in [2.24, 2.45) is 0 Å². The zero-order valence-electron chi connectivity index (χ0n) is 18.7. The van der Waals surface area contributed by atoms with E-state index in [4.69, 9.17) is 4.74 Å². The van der Waals surface area contributed by atoms with Crippen LogP contribution in [0.15, 0.2) is 91.0 Å². The lowest BCUT2D eigenvalue weighted by Gasteiger charge is -2.34. The van der Waals surface area contributed by atoms with Gasteiger partial charge in [0.05, 0.1) is 0 Å². The fourth-order valence-electron chi connectivity index (χ4n) is 4.13. The summed E-state index contributed by atoms with van der Waals surface area (Å²) in [6.45, 7) is 6.30. The summed E-state index contributed by atoms with van der Waals surface area (Å²) < 4.78 is 5.74. The highest BCUT2D eigenvalue weighted by Crippen LogP contribution is 2.26. The predicted octanol–water partition coefficient (Wildman–Crippen LogP) is 5.02. The van der Waals surface area contributed by atoms with Crippen LogP contribution in [0, 0.1) is 0 Å². The van der Waals surface area contributed by atoms with Gasteiger partial charge in [0.1, 0.15) is 12.5 Å². The molecule has 0 aliphatic carbocycles. The molecule has 0 aromatic heterocycles. The maximum atomic E-state index is 13.0. The quantitative estimate of drug-likeness (QED) is 0.418. The molecule has 1 heterocycles. The second-order valence-corrected chi connectivity index (χ2v) is 8.03. The normalized spacial score (nSPS) is 14.2. The highest BCUT2D eigenvalue weighted by atomic mass is 35.5. The van der Waals surface area contributed by atoms with Crippen LogP contribution in [0.2, 0.25) is 0 Å². The van der Waals surface area contributed by atoms with E-state index in [0.717, 1.165) is 50.4 Å². The van der Waals surface area contributed by atoms with Gasteiger partial charge in [0, 0.05) is 39.3 Å². The molecule has 0 unspecified atom stereocenters. The monoisotopic (exact) mass is 486 g/mol. The van der Waals surface area contributed by atoms with E-state index in [9.17, 15) is 4.79 Å². The maximum Gasteiger partial charge on any atom is 0.317 e. The lowest BCUT2D eigenvalue weighted by molar-refractivity contribution is -0.145. The van der Waals surface area contributed by atoms with Gasteiger partial charge in [-0.15, -0.1) is 24.8 Å². The molecule has 0 saturated carbocycles. The molecule has 3 aromatic rings. The van der Waals surface area contributed by atoms with Crippen LogP contribution < -0.4 is 0 Å². The third-order valence-corrected chi connectivity index (χ3v) is 5.87. The summed E-state index contributed by atoms with van der Waals surface area (Å²) in [5.41, 5.74) is 3.29. The van der Waals surface area contributed by atoms with E-state index in [-0.39, 0.29) is 36.7 Å². The van der Waals surface area contributed by atoms with Crippen LogP contribution >= 0.6 is 24.8 Å². The Bertz CT molecular complexity index is 895. The zero-order chi connectivity index (χ0) is 21.3. The average Bonchev–Trinajstić information content (AvgIpc) is 2.82. The van der Waals surface area contributed by atoms with Crippen LogP contribution in [-0.4, -0.2) is 55.1 Å². The first-order valence-electron chi connectivity index (χ1n) is 11.0. The van der Waals surface area contributed by atoms with Crippen molar-refractivity contribution < 1.29 is 9.53 Å². The third kappa shape index (κ3) is 7.86. The minimum absolute atomic E-state index is 0. The Hall–Kier alpha value is -2.37. The fourth-order valence-corrected chi connectivity index (χ4v) is 4.13. The molecule has 0 spiro atoms. The molecule has 1 fully saturated rings. The highest BCUT2D eigenvalue weighted by Gasteiger charge is 2.24. The molecule has 0 N–H and O–H groups in total. The van der Waals surface area contributed by atoms with Crippen LogP contribution in [0.1, 0.15) is 22.6 Å². The number of benzene rings is 3. The largest absolute Gasteiger partial charge is 0.464 e. The Balaban J connectivity index is 0.00000193. The van der Waals surface area contributed by atoms with Crippen molar-refractivity contribution in [2.45, 2.75) is 12.5 Å². The summed E-state index contributed by atoms with van der Waals surface area (Å²) in [5, 5.41) is 0. The summed E-state index contributed by atoms with van der Waals surface area (Å²) in [6.07, 6.45) is 0. The van der Waals surface area contributed by atoms with Crippen molar-refractivity contribution in [1.29, 1.82) is 0 Å². The van der Waals surface area contributed by atoms with Gasteiger partial charge >= 0.3 is 5.97 Å². The Morgan fingerprint density at radius 1 is 0.697 bits per heavy atom. The van der Waals surface area contributed by atoms with Gasteiger partial charge in [0.25, 0.3) is 0 Å². The Morgan fingerprint density at radius 2 is 1.15 bits per heavy atom. The molecule has 4 rings (SSSR count). The lowest BCUT2D eigenvalue weighted by atomic mass is 9.91. The lowest BCUT2D eigenvalue weighted by Crippen LogP contribution is -2.46. The third-order valence-electron chi connectivity index (χ3n) is 5.87. The van der Waals surface area contributed by atoms with Crippen LogP contribution in [0.25, 0.3) is 0 Å². The first kappa shape index (κ1) is 26.9. The molecule has 1 saturated heterocycles. The predicted molar refractivity (Wildman–Crippen MR) is 138 cm³/mol. The summed E-state index contributed by atoms with van der Waals surface area (Å²) in [5.74, 6) is -0.565. The number of nitrogens with zero attached hydrogens (tertiary/aromatic N) is 2. The van der Waals surface area contributed by atoms with Crippen molar-refractivity contribution >= 4 is 30.8 Å². The fraction of sp³-hybridized carbons (Fsp3) is 0.296. The molecule has 6 heteroatoms. The number of carbonyl (C=O) groups excluding carboxylic acids is 1. The summed E-state index contributed by atoms with van der Waals surface area (Å²) in [6, 6.07) is 30.4. The molecular formula is C27H32Cl2N2O2. The minimum Gasteiger partial charge on any atom is -0.464 e. The SMILES string of the molecule is Cl.Cl.O=C(OCCN1CCN(Cc2ccccc2)CC1)C(c1ccccc1)c1ccccc1. The topological polar surface area (TPSA) is 32.8 Å². The van der Waals surface area contributed by atoms with Crippen LogP contribution in [0.4, 0.5) is 0 Å². The van der Waals surface area contributed by atoms with E-state index < -0.39 is 0 Å². The first-order valence-corrected chi connectivity index (χ1v) is 11.0. The maximum absolute atomic E-state index is 13.0. The van der Waals surface area contributed by atoms with Gasteiger partial charge in [-0.2, -0.15) is 0 Å². The van der Waals surface area contributed by atoms with Crippen molar-refractivity contribution in [3.8, 4) is 0 Å². The average molecular weight is 487 g/mol. The molecule has 0 bridgehead atoms. The van der Waals surface area contributed by atoms with E-state index >= 15 is 0 Å². The van der Waals surface area contributed by atoms with Gasteiger partial charge < -0.3 is 4.74 Å². The second-order valence-electron chi connectivity index (χ2n) is 8.03. The molecule has 0 radical (unpaired) electrons. The van der Waals surface area contributed by atoms with Crippen LogP contribution in [-0.2, 0) is 16.1 Å². The van der Waals surface area contributed by atoms with E-state index in [1.165, 1.54) is 5.56 Å². The molecule has 3 aromatic carbocycles. The van der Waals surface area contributed by atoms with Crippen LogP contribution in [0.5, 0.6) is 0 Å². The smallest absolute Gasteiger partial charge is 0.317 e. The van der Waals surface area contributed by atoms with Gasteiger partial charge in [0.15, 0.2) is 0 Å². The van der Waals surface area contributed by atoms with Crippen LogP contribution in [0.3, 0.4) is 0 Å². The van der Waals surface area contributed by atoms with Gasteiger partial charge in [-0.05, 0) is 16.7 Å². The molecule has 33 heavy (non-hydrogen) atoms. The first-order chi connectivity index (χ1) is 15.3. The minimum atomic E-state index is -0.384. The summed E-state index contributed by atoms with van der Waals surface area (Å²) in [4.78, 5) is 17.9. The van der Waals surface area contributed by atoms with Gasteiger partial charge in [-0.25, -0.2) is 0 Å². The van der Waals surface area contributed by atoms with Crippen molar-refractivity contribution in [3.63, 3.8) is 0 Å². The standard InChI is InChI=1S/C27H30N2O2.2ClH/c30-27(26(24-12-6-2-7-13-24)25-14-8-3-9-15-25)31-21-20-28-16-18-29(19-17-28)22-23-10-4-1-5-11-23;;/h1-15,26H,16-22H2;2*1H. The van der Waals surface area contributed by atoms with Crippen molar-refractivity contribution in [2.75, 3.05) is 39.3 Å². The van der Waals surface area contributed by atoms with E-state index in [1.807, 2.05) is 60.7 Å². The molecule has 0 atom stereocenters. The molecule has 0 amide bonds. The summed E-state index contributed by atoms with van der Waals surface area (Å²) in [7, 11) is 0. The van der Waals surface area contributed by atoms with Crippen molar-refractivity contribution in [3.05, 3.63) is 108 Å². The van der Waals surface area contributed by atoms with Gasteiger partial charge in [-0.1, -0.05) is 91.0 Å². The number of rotatable bonds is 8. The van der Waals surface area contributed by atoms with Gasteiger partial charge in [-0.3, -0.25) is 14.6 Å². The number of halogens is 2.